The number of piperidine rings is 1. The first-order chi connectivity index (χ1) is 11.7. The second-order valence-corrected chi connectivity index (χ2v) is 8.02. The molecule has 1 aromatic rings. The second-order valence-electron chi connectivity index (χ2n) is 8.02. The Hall–Kier alpha value is -1.39. The summed E-state index contributed by atoms with van der Waals surface area (Å²) in [4.78, 5) is 14.9. The topological polar surface area (TPSA) is 43.8 Å². The molecule has 2 heterocycles. The average molecular weight is 328 g/mol. The van der Waals surface area contributed by atoms with E-state index < -0.39 is 0 Å². The Morgan fingerprint density at radius 1 is 1.04 bits per heavy atom. The normalized spacial score (nSPS) is 30.1. The van der Waals surface area contributed by atoms with E-state index >= 15 is 0 Å². The number of carbonyl (C=O) groups excluding carboxylic acids is 1. The molecule has 130 valence electrons. The molecule has 1 N–H and O–H groups in total. The summed E-state index contributed by atoms with van der Waals surface area (Å²) in [6, 6.07) is 10.3. The lowest BCUT2D eigenvalue weighted by Gasteiger charge is -2.37. The number of hydrogen-bond donors (Lipinski definition) is 1. The number of amides is 1. The van der Waals surface area contributed by atoms with Gasteiger partial charge in [-0.05, 0) is 61.8 Å². The Kier molecular flexibility index (Phi) is 4.35. The lowest BCUT2D eigenvalue weighted by atomic mass is 9.91. The Balaban J connectivity index is 1.37. The number of hydrogen-bond acceptors (Lipinski definition) is 3. The highest BCUT2D eigenvalue weighted by Gasteiger charge is 2.49. The van der Waals surface area contributed by atoms with E-state index in [1.54, 1.807) is 0 Å². The first-order valence-electron chi connectivity index (χ1n) is 9.46. The van der Waals surface area contributed by atoms with Crippen LogP contribution in [0.15, 0.2) is 30.3 Å². The first-order valence-corrected chi connectivity index (χ1v) is 9.46. The molecule has 2 atom stereocenters. The molecule has 0 radical (unpaired) electrons. The molecular formula is C20H28N2O2. The summed E-state index contributed by atoms with van der Waals surface area (Å²) >= 11 is 0. The fraction of sp³-hybridized carbons (Fsp3) is 0.650. The number of hydroxylamine groups is 2. The van der Waals surface area contributed by atoms with Gasteiger partial charge in [-0.25, -0.2) is 0 Å². The minimum Gasteiger partial charge on any atom is -0.341 e. The zero-order chi connectivity index (χ0) is 16.6. The third kappa shape index (κ3) is 3.22. The predicted molar refractivity (Wildman–Crippen MR) is 92.8 cm³/mol. The number of benzene rings is 1. The van der Waals surface area contributed by atoms with Crippen LogP contribution in [0, 0.1) is 5.41 Å². The molecule has 0 aromatic heterocycles. The van der Waals surface area contributed by atoms with Crippen LogP contribution in [0.1, 0.15) is 56.4 Å². The number of nitrogens with zero attached hydrogens (tertiary/aromatic N) is 2. The van der Waals surface area contributed by atoms with Gasteiger partial charge in [0.25, 0.3) is 0 Å². The number of carbonyl (C=O) groups is 1. The minimum absolute atomic E-state index is 0.140. The fourth-order valence-corrected chi connectivity index (χ4v) is 4.55. The van der Waals surface area contributed by atoms with Crippen molar-refractivity contribution in [1.82, 2.24) is 9.96 Å². The van der Waals surface area contributed by atoms with Crippen molar-refractivity contribution in [1.29, 1.82) is 0 Å². The quantitative estimate of drug-likeness (QED) is 0.905. The van der Waals surface area contributed by atoms with Crippen LogP contribution in [-0.2, 0) is 4.79 Å². The average Bonchev–Trinajstić information content (AvgIpc) is 3.38. The van der Waals surface area contributed by atoms with Gasteiger partial charge >= 0.3 is 0 Å². The number of rotatable bonds is 2. The van der Waals surface area contributed by atoms with E-state index in [2.05, 4.69) is 30.3 Å². The van der Waals surface area contributed by atoms with Crippen LogP contribution in [0.25, 0.3) is 0 Å². The molecule has 0 bridgehead atoms. The van der Waals surface area contributed by atoms with E-state index in [1.165, 1.54) is 23.5 Å². The summed E-state index contributed by atoms with van der Waals surface area (Å²) in [7, 11) is 0. The summed E-state index contributed by atoms with van der Waals surface area (Å²) in [5.41, 5.74) is 1.73. The Morgan fingerprint density at radius 3 is 2.54 bits per heavy atom. The summed E-state index contributed by atoms with van der Waals surface area (Å²) in [6.07, 6.45) is 7.56. The molecule has 4 rings (SSSR count). The monoisotopic (exact) mass is 328 g/mol. The highest BCUT2D eigenvalue weighted by atomic mass is 16.5. The first kappa shape index (κ1) is 16.1. The van der Waals surface area contributed by atoms with Gasteiger partial charge in [-0.15, -0.1) is 0 Å². The van der Waals surface area contributed by atoms with Crippen LogP contribution in [0.5, 0.6) is 0 Å². The molecule has 1 aliphatic carbocycles. The van der Waals surface area contributed by atoms with Crippen molar-refractivity contribution in [3.05, 3.63) is 35.9 Å². The maximum atomic E-state index is 12.9. The molecule has 4 nitrogen and oxygen atoms in total. The Morgan fingerprint density at radius 2 is 1.83 bits per heavy atom. The van der Waals surface area contributed by atoms with Crippen LogP contribution in [-0.4, -0.2) is 46.8 Å². The van der Waals surface area contributed by atoms with E-state index in [9.17, 15) is 10.0 Å². The van der Waals surface area contributed by atoms with E-state index in [1.807, 2.05) is 4.90 Å². The lowest BCUT2D eigenvalue weighted by molar-refractivity contribution is -0.179. The highest BCUT2D eigenvalue weighted by molar-refractivity contribution is 5.82. The molecule has 2 saturated heterocycles. The molecule has 4 heteroatoms. The van der Waals surface area contributed by atoms with Gasteiger partial charge in [-0.2, -0.15) is 5.06 Å². The molecule has 2 unspecified atom stereocenters. The van der Waals surface area contributed by atoms with Gasteiger partial charge < -0.3 is 10.1 Å². The molecule has 1 spiro atoms. The van der Waals surface area contributed by atoms with Crippen molar-refractivity contribution >= 4 is 5.91 Å². The molecule has 24 heavy (non-hydrogen) atoms. The molecule has 1 amide bonds. The van der Waals surface area contributed by atoms with Crippen LogP contribution in [0.3, 0.4) is 0 Å². The minimum atomic E-state index is -0.315. The summed E-state index contributed by atoms with van der Waals surface area (Å²) in [5.74, 6) is 0.692. The summed E-state index contributed by atoms with van der Waals surface area (Å²) < 4.78 is 0. The van der Waals surface area contributed by atoms with Gasteiger partial charge in [0.1, 0.15) is 6.04 Å². The molecule has 3 aliphatic rings. The Bertz CT molecular complexity index is 585. The van der Waals surface area contributed by atoms with E-state index in [4.69, 9.17) is 0 Å². The maximum Gasteiger partial charge on any atom is 0.242 e. The number of likely N-dealkylation sites (tertiary alicyclic amines) is 1. The molecule has 3 fully saturated rings. The van der Waals surface area contributed by atoms with E-state index in [0.29, 0.717) is 17.9 Å². The van der Waals surface area contributed by atoms with Crippen molar-refractivity contribution in [2.45, 2.75) is 56.9 Å². The Labute approximate surface area is 144 Å². The third-order valence-corrected chi connectivity index (χ3v) is 6.36. The van der Waals surface area contributed by atoms with Gasteiger partial charge in [0.05, 0.1) is 0 Å². The molecule has 1 saturated carbocycles. The van der Waals surface area contributed by atoms with Gasteiger partial charge in [-0.3, -0.25) is 4.79 Å². The smallest absolute Gasteiger partial charge is 0.242 e. The van der Waals surface area contributed by atoms with Crippen molar-refractivity contribution in [3.63, 3.8) is 0 Å². The van der Waals surface area contributed by atoms with Crippen molar-refractivity contribution in [3.8, 4) is 0 Å². The van der Waals surface area contributed by atoms with Crippen LogP contribution in [0.4, 0.5) is 0 Å². The van der Waals surface area contributed by atoms with Gasteiger partial charge in [0.15, 0.2) is 0 Å². The molecular weight excluding hydrogens is 300 g/mol. The standard InChI is InChI=1S/C20H28N2O2/c23-19(18-8-10-20(11-12-20)15-22(18)24)21-13-4-7-17(9-14-21)16-5-2-1-3-6-16/h1-3,5-6,17-18,24H,4,7-15H2. The predicted octanol–water partition coefficient (Wildman–Crippen LogP) is 3.42. The SMILES string of the molecule is O=C(C1CCC2(CC2)CN1O)N1CCCC(c2ccccc2)CC1. The summed E-state index contributed by atoms with van der Waals surface area (Å²) in [6.45, 7) is 2.33. The van der Waals surface area contributed by atoms with Crippen molar-refractivity contribution in [2.75, 3.05) is 19.6 Å². The van der Waals surface area contributed by atoms with Crippen LogP contribution in [0.2, 0.25) is 0 Å². The van der Waals surface area contributed by atoms with E-state index in [-0.39, 0.29) is 11.9 Å². The zero-order valence-corrected chi connectivity index (χ0v) is 14.4. The summed E-state index contributed by atoms with van der Waals surface area (Å²) in [5, 5.41) is 11.7. The van der Waals surface area contributed by atoms with Crippen LogP contribution >= 0.6 is 0 Å². The maximum absolute atomic E-state index is 12.9. The van der Waals surface area contributed by atoms with Crippen molar-refractivity contribution in [2.24, 2.45) is 5.41 Å². The van der Waals surface area contributed by atoms with Gasteiger partial charge in [-0.1, -0.05) is 30.3 Å². The molecule has 1 aromatic carbocycles. The second kappa shape index (κ2) is 6.49. The van der Waals surface area contributed by atoms with E-state index in [0.717, 1.165) is 45.2 Å². The van der Waals surface area contributed by atoms with Crippen molar-refractivity contribution < 1.29 is 10.0 Å². The highest BCUT2D eigenvalue weighted by Crippen LogP contribution is 2.52. The largest absolute Gasteiger partial charge is 0.341 e. The third-order valence-electron chi connectivity index (χ3n) is 6.36. The zero-order valence-electron chi connectivity index (χ0n) is 14.4. The van der Waals surface area contributed by atoms with Gasteiger partial charge in [0, 0.05) is 19.6 Å². The van der Waals surface area contributed by atoms with Crippen LogP contribution < -0.4 is 0 Å². The fourth-order valence-electron chi connectivity index (χ4n) is 4.55. The lowest BCUT2D eigenvalue weighted by Crippen LogP contribution is -2.52. The van der Waals surface area contributed by atoms with Gasteiger partial charge in [0.2, 0.25) is 5.91 Å². The molecule has 2 aliphatic heterocycles.